The van der Waals surface area contributed by atoms with Gasteiger partial charge in [-0.05, 0) is 6.42 Å². The summed E-state index contributed by atoms with van der Waals surface area (Å²) >= 11 is 1.75. The monoisotopic (exact) mass is 388 g/mol. The van der Waals surface area contributed by atoms with Crippen molar-refractivity contribution >= 4 is 45.0 Å². The Bertz CT molecular complexity index is 44.3. The summed E-state index contributed by atoms with van der Waals surface area (Å²) in [7, 11) is 0. The van der Waals surface area contributed by atoms with Crippen molar-refractivity contribution in [3.8, 4) is 0 Å². The molecule has 0 aliphatic rings. The molecule has 4 heteroatoms. The second-order valence-electron chi connectivity index (χ2n) is 2.22. The van der Waals surface area contributed by atoms with E-state index in [9.17, 15) is 0 Å². The zero-order chi connectivity index (χ0) is 10.2. The maximum absolute atomic E-state index is 8.34. The predicted molar refractivity (Wildman–Crippen MR) is 55.3 cm³/mol. The standard InChI is InChI=1S/C4H10O.C4H9.O.2Sn.H/c1-2-3-4-5;1-3-4-2;;;;/h5H,2-4H2,1H3;1,3-4H2,2H3;;;;. The second kappa shape index (κ2) is 29.4. The Morgan fingerprint density at radius 2 is 1.58 bits per heavy atom. The number of aliphatic hydroxyl groups is 1. The third-order valence-corrected chi connectivity index (χ3v) is 2.23. The van der Waals surface area contributed by atoms with E-state index in [0.717, 1.165) is 12.8 Å². The van der Waals surface area contributed by atoms with Crippen molar-refractivity contribution in [1.82, 2.24) is 0 Å². The minimum absolute atomic E-state index is 0.300. The molecule has 0 aliphatic carbocycles. The molecule has 0 aromatic heterocycles. The van der Waals surface area contributed by atoms with Crippen LogP contribution in [0.2, 0.25) is 4.44 Å². The third kappa shape index (κ3) is 42.4. The van der Waals surface area contributed by atoms with Crippen molar-refractivity contribution in [2.45, 2.75) is 44.0 Å². The fourth-order valence-electron chi connectivity index (χ4n) is 0.362. The first-order chi connectivity index (χ1) is 5.83. The van der Waals surface area contributed by atoms with Crippen LogP contribution in [0.5, 0.6) is 0 Å². The first-order valence-electron chi connectivity index (χ1n) is 4.34. The van der Waals surface area contributed by atoms with Gasteiger partial charge in [0.05, 0.1) is 0 Å². The third-order valence-electron chi connectivity index (χ3n) is 1.07. The Labute approximate surface area is 103 Å². The van der Waals surface area contributed by atoms with Gasteiger partial charge in [-0.25, -0.2) is 0 Å². The Balaban J connectivity index is -0.000000112. The van der Waals surface area contributed by atoms with Gasteiger partial charge in [0.25, 0.3) is 0 Å². The molecule has 0 aliphatic heterocycles. The Kier molecular flexibility index (Phi) is 46.7. The summed E-state index contributed by atoms with van der Waals surface area (Å²) < 4.78 is 9.81. The van der Waals surface area contributed by atoms with Crippen molar-refractivity contribution in [2.75, 3.05) is 6.61 Å². The topological polar surface area (TPSA) is 37.3 Å². The van der Waals surface area contributed by atoms with Gasteiger partial charge in [0.1, 0.15) is 0 Å². The molecule has 2 nitrogen and oxygen atoms in total. The van der Waals surface area contributed by atoms with Crippen LogP contribution >= 0.6 is 0 Å². The molecule has 0 aromatic rings. The molecule has 0 aromatic carbocycles. The van der Waals surface area contributed by atoms with Crippen molar-refractivity contribution in [3.63, 3.8) is 0 Å². The molecule has 0 unspecified atom stereocenters. The maximum atomic E-state index is 8.34. The first kappa shape index (κ1) is 19.0. The summed E-state index contributed by atoms with van der Waals surface area (Å²) in [5, 5.41) is 8.07. The van der Waals surface area contributed by atoms with Crippen LogP contribution in [0.15, 0.2) is 0 Å². The summed E-state index contributed by atoms with van der Waals surface area (Å²) in [6.45, 7) is 4.63. The molecule has 4 radical (unpaired) electrons. The fourth-order valence-corrected chi connectivity index (χ4v) is 1.53. The number of aliphatic hydroxyl groups excluding tert-OH is 1. The molecule has 0 bridgehead atoms. The minimum atomic E-state index is 0.300. The van der Waals surface area contributed by atoms with Gasteiger partial charge < -0.3 is 5.11 Å². The van der Waals surface area contributed by atoms with Crippen molar-refractivity contribution in [2.24, 2.45) is 0 Å². The van der Waals surface area contributed by atoms with Gasteiger partial charge in [0.15, 0.2) is 0 Å². The van der Waals surface area contributed by atoms with Gasteiger partial charge >= 0.3 is 72.3 Å². The number of unbranched alkanes of at least 4 members (excludes halogenated alkanes) is 2. The van der Waals surface area contributed by atoms with Gasteiger partial charge in [-0.3, -0.25) is 0 Å². The summed E-state index contributed by atoms with van der Waals surface area (Å²) in [4.78, 5) is 0. The molecule has 12 heavy (non-hydrogen) atoms. The van der Waals surface area contributed by atoms with E-state index in [2.05, 4.69) is 13.8 Å². The average molecular weight is 386 g/mol. The molecule has 0 atom stereocenters. The Morgan fingerprint density at radius 1 is 1.17 bits per heavy atom. The summed E-state index contributed by atoms with van der Waals surface area (Å²) in [5.74, 6) is 0. The predicted octanol–water partition coefficient (Wildman–Crippen LogP) is 1.38. The molecule has 72 valence electrons. The average Bonchev–Trinajstić information content (AvgIpc) is 2.12. The molecular formula is C8H20O2Sn2. The molecular weight excluding hydrogens is 366 g/mol. The van der Waals surface area contributed by atoms with E-state index >= 15 is 0 Å². The molecule has 1 N–H and O–H groups in total. The van der Waals surface area contributed by atoms with Crippen LogP contribution in [-0.4, -0.2) is 56.7 Å². The normalized spacial score (nSPS) is 7.33. The number of rotatable bonds is 4. The molecule has 0 amide bonds. The fraction of sp³-hybridized carbons (Fsp3) is 1.00. The van der Waals surface area contributed by atoms with E-state index in [1.807, 2.05) is 0 Å². The van der Waals surface area contributed by atoms with Gasteiger partial charge in [0.2, 0.25) is 0 Å². The van der Waals surface area contributed by atoms with Crippen LogP contribution in [-0.2, 0) is 3.08 Å². The van der Waals surface area contributed by atoms with E-state index in [4.69, 9.17) is 8.18 Å². The Hall–Kier alpha value is 1.36. The SMILES string of the molecule is CCCCO.CCC[CH2][SnH].[O]=[Sn]. The molecule has 0 spiro atoms. The van der Waals surface area contributed by atoms with Gasteiger partial charge in [-0.2, -0.15) is 0 Å². The van der Waals surface area contributed by atoms with Gasteiger partial charge in [-0.15, -0.1) is 0 Å². The zero-order valence-corrected chi connectivity index (χ0v) is 14.3. The second-order valence-corrected chi connectivity index (χ2v) is 3.87. The molecule has 0 rings (SSSR count). The van der Waals surface area contributed by atoms with Gasteiger partial charge in [0, 0.05) is 6.61 Å². The van der Waals surface area contributed by atoms with E-state index in [0.29, 0.717) is 29.1 Å². The quantitative estimate of drug-likeness (QED) is 0.743. The molecule has 0 heterocycles. The van der Waals surface area contributed by atoms with Crippen LogP contribution in [0.3, 0.4) is 0 Å². The van der Waals surface area contributed by atoms with E-state index in [1.165, 1.54) is 39.8 Å². The Morgan fingerprint density at radius 3 is 1.58 bits per heavy atom. The van der Waals surface area contributed by atoms with Crippen LogP contribution in [0, 0.1) is 0 Å². The summed E-state index contributed by atoms with van der Waals surface area (Å²) in [5.41, 5.74) is 0. The van der Waals surface area contributed by atoms with Crippen LogP contribution in [0.25, 0.3) is 0 Å². The number of hydrogen-bond acceptors (Lipinski definition) is 2. The van der Waals surface area contributed by atoms with Crippen LogP contribution < -0.4 is 0 Å². The van der Waals surface area contributed by atoms with Crippen LogP contribution in [0.4, 0.5) is 0 Å². The zero-order valence-electron chi connectivity index (χ0n) is 8.18. The van der Waals surface area contributed by atoms with E-state index < -0.39 is 0 Å². The number of hydrogen-bond donors (Lipinski definition) is 1. The molecule has 0 saturated carbocycles. The van der Waals surface area contributed by atoms with Gasteiger partial charge in [-0.1, -0.05) is 13.3 Å². The van der Waals surface area contributed by atoms with Crippen molar-refractivity contribution in [1.29, 1.82) is 0 Å². The summed E-state index contributed by atoms with van der Waals surface area (Å²) in [6, 6.07) is 0. The van der Waals surface area contributed by atoms with Crippen molar-refractivity contribution in [3.05, 3.63) is 0 Å². The summed E-state index contributed by atoms with van der Waals surface area (Å²) in [6.07, 6.45) is 4.86. The van der Waals surface area contributed by atoms with Crippen LogP contribution in [0.1, 0.15) is 39.5 Å². The van der Waals surface area contributed by atoms with E-state index in [-0.39, 0.29) is 0 Å². The molecule has 0 fully saturated rings. The molecule has 0 saturated heterocycles. The van der Waals surface area contributed by atoms with E-state index in [1.54, 1.807) is 0 Å². The first-order valence-corrected chi connectivity index (χ1v) is 7.84. The van der Waals surface area contributed by atoms with Crippen molar-refractivity contribution < 1.29 is 8.18 Å².